The van der Waals surface area contributed by atoms with Crippen LogP contribution in [0.25, 0.3) is 11.0 Å². The number of carbonyl (C=O) groups excluding carboxylic acids is 1. The molecule has 5 nitrogen and oxygen atoms in total. The van der Waals surface area contributed by atoms with Gasteiger partial charge in [0.2, 0.25) is 0 Å². The molecule has 0 atom stereocenters. The SMILES string of the molecule is CCc1cc(=O)oc2c(C)c(OCC(=O)OC(C)C)ccc12. The Balaban J connectivity index is 2.31. The molecule has 0 fully saturated rings. The van der Waals surface area contributed by atoms with E-state index >= 15 is 0 Å². The second kappa shape index (κ2) is 6.64. The van der Waals surface area contributed by atoms with Gasteiger partial charge in [-0.05, 0) is 44.9 Å². The van der Waals surface area contributed by atoms with Crippen molar-refractivity contribution in [3.8, 4) is 5.75 Å². The van der Waals surface area contributed by atoms with E-state index in [-0.39, 0.29) is 18.3 Å². The Morgan fingerprint density at radius 2 is 2.05 bits per heavy atom. The van der Waals surface area contributed by atoms with Crippen LogP contribution in [0.5, 0.6) is 5.75 Å². The third-order valence-corrected chi connectivity index (χ3v) is 3.29. The molecule has 0 saturated heterocycles. The maximum absolute atomic E-state index is 11.6. The number of benzene rings is 1. The summed E-state index contributed by atoms with van der Waals surface area (Å²) in [6.07, 6.45) is 0.557. The Morgan fingerprint density at radius 1 is 1.32 bits per heavy atom. The summed E-state index contributed by atoms with van der Waals surface area (Å²) in [5.74, 6) is 0.0721. The quantitative estimate of drug-likeness (QED) is 0.627. The molecular weight excluding hydrogens is 284 g/mol. The minimum atomic E-state index is -0.432. The van der Waals surface area contributed by atoms with Crippen LogP contribution >= 0.6 is 0 Å². The fraction of sp³-hybridized carbons (Fsp3) is 0.412. The number of fused-ring (bicyclic) bond motifs is 1. The van der Waals surface area contributed by atoms with Gasteiger partial charge in [-0.3, -0.25) is 0 Å². The first-order valence-electron chi connectivity index (χ1n) is 7.31. The monoisotopic (exact) mass is 304 g/mol. The summed E-state index contributed by atoms with van der Waals surface area (Å²) >= 11 is 0. The molecule has 0 aliphatic heterocycles. The molecule has 1 aromatic carbocycles. The molecule has 1 aromatic heterocycles. The van der Waals surface area contributed by atoms with E-state index in [0.717, 1.165) is 17.4 Å². The number of ether oxygens (including phenoxy) is 2. The van der Waals surface area contributed by atoms with E-state index in [9.17, 15) is 9.59 Å². The van der Waals surface area contributed by atoms with Crippen molar-refractivity contribution in [1.29, 1.82) is 0 Å². The molecule has 0 radical (unpaired) electrons. The van der Waals surface area contributed by atoms with Gasteiger partial charge < -0.3 is 13.9 Å². The number of aryl methyl sites for hydroxylation is 2. The minimum absolute atomic E-state index is 0.178. The second-order valence-corrected chi connectivity index (χ2v) is 5.34. The van der Waals surface area contributed by atoms with Crippen LogP contribution in [0.1, 0.15) is 31.9 Å². The van der Waals surface area contributed by atoms with E-state index in [2.05, 4.69) is 0 Å². The molecule has 0 aliphatic rings. The molecule has 0 saturated carbocycles. The third kappa shape index (κ3) is 3.47. The Labute approximate surface area is 128 Å². The fourth-order valence-corrected chi connectivity index (χ4v) is 2.29. The van der Waals surface area contributed by atoms with E-state index < -0.39 is 5.97 Å². The standard InChI is InChI=1S/C17H20O5/c1-5-12-8-15(18)22-17-11(4)14(7-6-13(12)17)20-9-16(19)21-10(2)3/h6-8,10H,5,9H2,1-4H3. The average molecular weight is 304 g/mol. The summed E-state index contributed by atoms with van der Waals surface area (Å²) in [4.78, 5) is 23.2. The topological polar surface area (TPSA) is 65.7 Å². The predicted molar refractivity (Wildman–Crippen MR) is 83.3 cm³/mol. The number of carbonyl (C=O) groups is 1. The lowest BCUT2D eigenvalue weighted by Crippen LogP contribution is -2.19. The maximum Gasteiger partial charge on any atom is 0.344 e. The highest BCUT2D eigenvalue weighted by Gasteiger charge is 2.13. The Bertz CT molecular complexity index is 743. The summed E-state index contributed by atoms with van der Waals surface area (Å²) in [5, 5.41) is 0.886. The normalized spacial score (nSPS) is 11.0. The number of hydrogen-bond acceptors (Lipinski definition) is 5. The molecule has 0 amide bonds. The minimum Gasteiger partial charge on any atom is -0.481 e. The lowest BCUT2D eigenvalue weighted by Gasteiger charge is -2.12. The zero-order valence-corrected chi connectivity index (χ0v) is 13.3. The predicted octanol–water partition coefficient (Wildman–Crippen LogP) is 2.99. The van der Waals surface area contributed by atoms with Crippen LogP contribution in [0, 0.1) is 6.92 Å². The van der Waals surface area contributed by atoms with Crippen LogP contribution in [0.15, 0.2) is 27.4 Å². The number of hydrogen-bond donors (Lipinski definition) is 0. The molecule has 0 N–H and O–H groups in total. The second-order valence-electron chi connectivity index (χ2n) is 5.34. The van der Waals surface area contributed by atoms with Gasteiger partial charge in [0.25, 0.3) is 0 Å². The Hall–Kier alpha value is -2.30. The highest BCUT2D eigenvalue weighted by molar-refractivity contribution is 5.85. The van der Waals surface area contributed by atoms with Gasteiger partial charge in [-0.15, -0.1) is 0 Å². The van der Waals surface area contributed by atoms with Crippen LogP contribution in [-0.4, -0.2) is 18.7 Å². The van der Waals surface area contributed by atoms with Crippen LogP contribution < -0.4 is 10.4 Å². The van der Waals surface area contributed by atoms with E-state index in [1.165, 1.54) is 6.07 Å². The molecule has 0 unspecified atom stereocenters. The van der Waals surface area contributed by atoms with Crippen molar-refractivity contribution >= 4 is 16.9 Å². The smallest absolute Gasteiger partial charge is 0.344 e. The van der Waals surface area contributed by atoms with Crippen molar-refractivity contribution in [3.05, 3.63) is 39.7 Å². The summed E-state index contributed by atoms with van der Waals surface area (Å²) < 4.78 is 15.8. The van der Waals surface area contributed by atoms with Crippen molar-refractivity contribution in [2.45, 2.75) is 40.2 Å². The molecular formula is C17H20O5. The van der Waals surface area contributed by atoms with Gasteiger partial charge in [-0.1, -0.05) is 6.92 Å². The first-order chi connectivity index (χ1) is 10.4. The molecule has 22 heavy (non-hydrogen) atoms. The van der Waals surface area contributed by atoms with Crippen LogP contribution in [0.4, 0.5) is 0 Å². The van der Waals surface area contributed by atoms with Gasteiger partial charge in [-0.2, -0.15) is 0 Å². The Kier molecular flexibility index (Phi) is 4.85. The van der Waals surface area contributed by atoms with E-state index in [4.69, 9.17) is 13.9 Å². The molecule has 0 bridgehead atoms. The lowest BCUT2D eigenvalue weighted by atomic mass is 10.0. The first-order valence-corrected chi connectivity index (χ1v) is 7.31. The number of rotatable bonds is 5. The maximum atomic E-state index is 11.6. The zero-order valence-electron chi connectivity index (χ0n) is 13.3. The highest BCUT2D eigenvalue weighted by Crippen LogP contribution is 2.28. The van der Waals surface area contributed by atoms with E-state index in [1.807, 2.05) is 13.0 Å². The molecule has 0 aliphatic carbocycles. The van der Waals surface area contributed by atoms with Crippen LogP contribution in [-0.2, 0) is 16.0 Å². The van der Waals surface area contributed by atoms with Crippen molar-refractivity contribution in [1.82, 2.24) is 0 Å². The van der Waals surface area contributed by atoms with Crippen molar-refractivity contribution in [3.63, 3.8) is 0 Å². The molecule has 2 rings (SSSR count). The average Bonchev–Trinajstić information content (AvgIpc) is 2.45. The van der Waals surface area contributed by atoms with Crippen molar-refractivity contribution < 1.29 is 18.7 Å². The summed E-state index contributed by atoms with van der Waals surface area (Å²) in [6.45, 7) is 7.16. The lowest BCUT2D eigenvalue weighted by molar-refractivity contribution is -0.149. The van der Waals surface area contributed by atoms with Gasteiger partial charge in [0.15, 0.2) is 6.61 Å². The first kappa shape index (κ1) is 16.1. The largest absolute Gasteiger partial charge is 0.481 e. The molecule has 0 spiro atoms. The summed E-state index contributed by atoms with van der Waals surface area (Å²) in [7, 11) is 0. The van der Waals surface area contributed by atoms with Gasteiger partial charge in [0.1, 0.15) is 11.3 Å². The van der Waals surface area contributed by atoms with Crippen LogP contribution in [0.3, 0.4) is 0 Å². The van der Waals surface area contributed by atoms with Gasteiger partial charge in [0, 0.05) is 17.0 Å². The number of esters is 1. The molecule has 118 valence electrons. The molecule has 2 aromatic rings. The van der Waals surface area contributed by atoms with Crippen molar-refractivity contribution in [2.24, 2.45) is 0 Å². The highest BCUT2D eigenvalue weighted by atomic mass is 16.6. The third-order valence-electron chi connectivity index (χ3n) is 3.29. The van der Waals surface area contributed by atoms with Crippen LogP contribution in [0.2, 0.25) is 0 Å². The summed E-state index contributed by atoms with van der Waals surface area (Å²) in [5.41, 5.74) is 1.74. The van der Waals surface area contributed by atoms with Gasteiger partial charge in [0.05, 0.1) is 6.10 Å². The fourth-order valence-electron chi connectivity index (χ4n) is 2.29. The van der Waals surface area contributed by atoms with Crippen molar-refractivity contribution in [2.75, 3.05) is 6.61 Å². The van der Waals surface area contributed by atoms with E-state index in [0.29, 0.717) is 16.9 Å². The molecule has 5 heteroatoms. The zero-order chi connectivity index (χ0) is 16.3. The Morgan fingerprint density at radius 3 is 2.68 bits per heavy atom. The van der Waals surface area contributed by atoms with Gasteiger partial charge in [-0.25, -0.2) is 9.59 Å². The van der Waals surface area contributed by atoms with Gasteiger partial charge >= 0.3 is 11.6 Å². The van der Waals surface area contributed by atoms with E-state index in [1.54, 1.807) is 26.8 Å². The molecule has 1 heterocycles. The summed E-state index contributed by atoms with van der Waals surface area (Å²) in [6, 6.07) is 5.12.